The summed E-state index contributed by atoms with van der Waals surface area (Å²) in [4.78, 5) is 15.8. The molecule has 1 amide bonds. The summed E-state index contributed by atoms with van der Waals surface area (Å²) in [5.74, 6) is -0.0300. The van der Waals surface area contributed by atoms with Crippen LogP contribution in [0.3, 0.4) is 0 Å². The van der Waals surface area contributed by atoms with Crippen LogP contribution in [-0.4, -0.2) is 16.9 Å². The first kappa shape index (κ1) is 14.9. The minimum Gasteiger partial charge on any atom is -0.328 e. The van der Waals surface area contributed by atoms with E-state index >= 15 is 0 Å². The smallest absolute Gasteiger partial charge is 0.227 e. The molecule has 1 rings (SSSR count). The van der Waals surface area contributed by atoms with Gasteiger partial charge in [-0.3, -0.25) is 4.79 Å². The lowest BCUT2D eigenvalue weighted by Gasteiger charge is -2.12. The summed E-state index contributed by atoms with van der Waals surface area (Å²) in [6.45, 7) is 3.89. The topological polar surface area (TPSA) is 68.0 Å². The molecule has 18 heavy (non-hydrogen) atoms. The molecule has 1 aromatic rings. The summed E-state index contributed by atoms with van der Waals surface area (Å²) in [5.41, 5.74) is 6.35. The number of pyridine rings is 1. The number of anilines is 1. The summed E-state index contributed by atoms with van der Waals surface area (Å²) in [5, 5.41) is 3.20. The Kier molecular flexibility index (Phi) is 6.09. The lowest BCUT2D eigenvalue weighted by atomic mass is 10.0. The molecule has 0 aliphatic rings. The minimum absolute atomic E-state index is 0.00180. The summed E-state index contributed by atoms with van der Waals surface area (Å²) in [6.07, 6.45) is 4.31. The van der Waals surface area contributed by atoms with Crippen molar-refractivity contribution in [2.45, 2.75) is 39.2 Å². The fourth-order valence-corrected chi connectivity index (χ4v) is 1.80. The van der Waals surface area contributed by atoms with Gasteiger partial charge in [-0.1, -0.05) is 24.9 Å². The predicted octanol–water partition coefficient (Wildman–Crippen LogP) is 2.83. The Bertz CT molecular complexity index is 396. The first-order valence-electron chi connectivity index (χ1n) is 6.17. The highest BCUT2D eigenvalue weighted by Crippen LogP contribution is 2.15. The van der Waals surface area contributed by atoms with Gasteiger partial charge in [-0.2, -0.15) is 0 Å². The second kappa shape index (κ2) is 7.34. The fraction of sp³-hybridized carbons (Fsp3) is 0.538. The van der Waals surface area contributed by atoms with Crippen molar-refractivity contribution in [2.75, 3.05) is 5.32 Å². The fourth-order valence-electron chi connectivity index (χ4n) is 1.62. The first-order valence-corrected chi connectivity index (χ1v) is 6.55. The second-order valence-corrected chi connectivity index (χ2v) is 5.05. The van der Waals surface area contributed by atoms with Crippen LogP contribution < -0.4 is 11.1 Å². The Morgan fingerprint density at radius 2 is 2.22 bits per heavy atom. The number of hydrogen-bond acceptors (Lipinski definition) is 3. The van der Waals surface area contributed by atoms with Crippen molar-refractivity contribution in [1.82, 2.24) is 4.98 Å². The van der Waals surface area contributed by atoms with Crippen LogP contribution in [0.15, 0.2) is 18.3 Å². The monoisotopic (exact) mass is 269 g/mol. The minimum atomic E-state index is -0.0318. The Labute approximate surface area is 113 Å². The lowest BCUT2D eigenvalue weighted by molar-refractivity contribution is -0.119. The van der Waals surface area contributed by atoms with Crippen LogP contribution in [0.25, 0.3) is 0 Å². The lowest BCUT2D eigenvalue weighted by Crippen LogP contribution is -2.21. The van der Waals surface area contributed by atoms with E-state index in [9.17, 15) is 4.79 Å². The van der Waals surface area contributed by atoms with Crippen molar-refractivity contribution in [3.05, 3.63) is 23.5 Å². The van der Waals surface area contributed by atoms with Crippen molar-refractivity contribution >= 4 is 23.2 Å². The van der Waals surface area contributed by atoms with E-state index in [1.54, 1.807) is 18.3 Å². The molecule has 0 saturated carbocycles. The maximum absolute atomic E-state index is 11.9. The van der Waals surface area contributed by atoms with Crippen LogP contribution in [0.2, 0.25) is 5.15 Å². The predicted molar refractivity (Wildman–Crippen MR) is 74.5 cm³/mol. The summed E-state index contributed by atoms with van der Waals surface area (Å²) >= 11 is 5.75. The zero-order chi connectivity index (χ0) is 13.5. The molecule has 1 heterocycles. The Hall–Kier alpha value is -1.13. The van der Waals surface area contributed by atoms with Gasteiger partial charge in [-0.25, -0.2) is 4.98 Å². The molecule has 0 radical (unpaired) electrons. The van der Waals surface area contributed by atoms with E-state index in [4.69, 9.17) is 17.3 Å². The Morgan fingerprint density at radius 1 is 1.50 bits per heavy atom. The zero-order valence-electron chi connectivity index (χ0n) is 10.8. The molecule has 0 saturated heterocycles. The molecule has 5 heteroatoms. The molecule has 4 nitrogen and oxygen atoms in total. The highest BCUT2D eigenvalue weighted by Gasteiger charge is 2.13. The Balaban J connectivity index is 2.40. The van der Waals surface area contributed by atoms with Gasteiger partial charge in [0.15, 0.2) is 0 Å². The summed E-state index contributed by atoms with van der Waals surface area (Å²) in [7, 11) is 0. The molecule has 3 N–H and O–H groups in total. The number of carbonyl (C=O) groups excluding carboxylic acids is 1. The summed E-state index contributed by atoms with van der Waals surface area (Å²) in [6, 6.07) is 3.55. The SMILES string of the molecule is CC(N)CCCC(C)C(=O)Nc1ccnc(Cl)c1. The average Bonchev–Trinajstić information content (AvgIpc) is 2.28. The van der Waals surface area contributed by atoms with Gasteiger partial charge in [0.2, 0.25) is 5.91 Å². The third kappa shape index (κ3) is 5.47. The zero-order valence-corrected chi connectivity index (χ0v) is 11.6. The molecule has 0 aliphatic heterocycles. The van der Waals surface area contributed by atoms with E-state index in [0.717, 1.165) is 19.3 Å². The van der Waals surface area contributed by atoms with Crippen LogP contribution in [0.5, 0.6) is 0 Å². The molecule has 2 unspecified atom stereocenters. The van der Waals surface area contributed by atoms with E-state index in [1.807, 2.05) is 13.8 Å². The maximum atomic E-state index is 11.9. The number of halogens is 1. The third-order valence-electron chi connectivity index (χ3n) is 2.74. The van der Waals surface area contributed by atoms with Gasteiger partial charge in [-0.05, 0) is 31.9 Å². The number of nitrogens with one attached hydrogen (secondary N) is 1. The molecule has 0 fully saturated rings. The first-order chi connectivity index (χ1) is 8.49. The van der Waals surface area contributed by atoms with Crippen molar-refractivity contribution in [3.63, 3.8) is 0 Å². The van der Waals surface area contributed by atoms with Gasteiger partial charge >= 0.3 is 0 Å². The maximum Gasteiger partial charge on any atom is 0.227 e. The molecule has 100 valence electrons. The van der Waals surface area contributed by atoms with Gasteiger partial charge < -0.3 is 11.1 Å². The number of aromatic nitrogens is 1. The van der Waals surface area contributed by atoms with E-state index in [2.05, 4.69) is 10.3 Å². The molecule has 0 bridgehead atoms. The number of amides is 1. The number of rotatable bonds is 6. The number of nitrogens with two attached hydrogens (primary N) is 1. The number of carbonyl (C=O) groups is 1. The van der Waals surface area contributed by atoms with E-state index in [0.29, 0.717) is 10.8 Å². The molecule has 0 spiro atoms. The second-order valence-electron chi connectivity index (χ2n) is 4.67. The highest BCUT2D eigenvalue weighted by atomic mass is 35.5. The van der Waals surface area contributed by atoms with E-state index < -0.39 is 0 Å². The average molecular weight is 270 g/mol. The molecule has 0 aliphatic carbocycles. The quantitative estimate of drug-likeness (QED) is 0.781. The van der Waals surface area contributed by atoms with Gasteiger partial charge in [0.1, 0.15) is 5.15 Å². The molecular formula is C13H20ClN3O. The normalized spacial score (nSPS) is 14.0. The van der Waals surface area contributed by atoms with Crippen molar-refractivity contribution in [3.8, 4) is 0 Å². The van der Waals surface area contributed by atoms with E-state index in [1.165, 1.54) is 0 Å². The van der Waals surface area contributed by atoms with E-state index in [-0.39, 0.29) is 17.9 Å². The summed E-state index contributed by atoms with van der Waals surface area (Å²) < 4.78 is 0. The molecule has 2 atom stereocenters. The Morgan fingerprint density at radius 3 is 2.83 bits per heavy atom. The number of nitrogens with zero attached hydrogens (tertiary/aromatic N) is 1. The van der Waals surface area contributed by atoms with Crippen LogP contribution in [0, 0.1) is 5.92 Å². The van der Waals surface area contributed by atoms with Crippen molar-refractivity contribution in [2.24, 2.45) is 11.7 Å². The van der Waals surface area contributed by atoms with Crippen molar-refractivity contribution in [1.29, 1.82) is 0 Å². The van der Waals surface area contributed by atoms with Crippen molar-refractivity contribution < 1.29 is 4.79 Å². The standard InChI is InChI=1S/C13H20ClN3O/c1-9(4-3-5-10(2)15)13(18)17-11-6-7-16-12(14)8-11/h6-10H,3-5,15H2,1-2H3,(H,16,17,18). The highest BCUT2D eigenvalue weighted by molar-refractivity contribution is 6.29. The van der Waals surface area contributed by atoms with Crippen LogP contribution in [-0.2, 0) is 4.79 Å². The van der Waals surface area contributed by atoms with Crippen LogP contribution in [0.1, 0.15) is 33.1 Å². The number of hydrogen-bond donors (Lipinski definition) is 2. The van der Waals surface area contributed by atoms with Crippen LogP contribution in [0.4, 0.5) is 5.69 Å². The molecular weight excluding hydrogens is 250 g/mol. The van der Waals surface area contributed by atoms with Gasteiger partial charge in [-0.15, -0.1) is 0 Å². The molecule has 0 aromatic carbocycles. The van der Waals surface area contributed by atoms with Gasteiger partial charge in [0.05, 0.1) is 0 Å². The largest absolute Gasteiger partial charge is 0.328 e. The van der Waals surface area contributed by atoms with Gasteiger partial charge in [0.25, 0.3) is 0 Å². The molecule has 1 aromatic heterocycles. The third-order valence-corrected chi connectivity index (χ3v) is 2.94. The van der Waals surface area contributed by atoms with Crippen LogP contribution >= 0.6 is 11.6 Å². The van der Waals surface area contributed by atoms with Gasteiger partial charge in [0, 0.05) is 23.8 Å².